The predicted octanol–water partition coefficient (Wildman–Crippen LogP) is 6.55. The van der Waals surface area contributed by atoms with Gasteiger partial charge >= 0.3 is 0 Å². The van der Waals surface area contributed by atoms with E-state index in [-0.39, 0.29) is 32.8 Å². The quantitative estimate of drug-likeness (QED) is 0.404. The fraction of sp³-hybridized carbons (Fsp3) is 0.296. The average Bonchev–Trinajstić information content (AvgIpc) is 2.75. The van der Waals surface area contributed by atoms with Crippen LogP contribution in [0.2, 0.25) is 5.02 Å². The second-order valence-corrected chi connectivity index (χ2v) is 11.7. The number of carbonyl (C=O) groups excluding carboxylic acids is 1. The monoisotopic (exact) mass is 498 g/mol. The van der Waals surface area contributed by atoms with Crippen LogP contribution in [0.15, 0.2) is 65.6 Å². The van der Waals surface area contributed by atoms with Crippen LogP contribution in [0.25, 0.3) is 0 Å². The summed E-state index contributed by atoms with van der Waals surface area (Å²) in [5, 5.41) is 2.98. The third-order valence-electron chi connectivity index (χ3n) is 5.73. The number of benzene rings is 3. The summed E-state index contributed by atoms with van der Waals surface area (Å²) in [6, 6.07) is 17.5. The van der Waals surface area contributed by atoms with Crippen molar-refractivity contribution in [3.63, 3.8) is 0 Å². The van der Waals surface area contributed by atoms with Gasteiger partial charge in [-0.25, -0.2) is 8.42 Å². The van der Waals surface area contributed by atoms with Gasteiger partial charge in [-0.2, -0.15) is 0 Å². The molecule has 3 rings (SSSR count). The second-order valence-electron chi connectivity index (χ2n) is 9.64. The van der Waals surface area contributed by atoms with Crippen molar-refractivity contribution in [1.29, 1.82) is 0 Å². The number of aryl methyl sites for hydroxylation is 2. The molecule has 34 heavy (non-hydrogen) atoms. The Morgan fingerprint density at radius 1 is 0.941 bits per heavy atom. The molecule has 1 amide bonds. The van der Waals surface area contributed by atoms with Crippen LogP contribution in [0.1, 0.15) is 66.3 Å². The molecule has 7 heteroatoms. The molecule has 0 spiro atoms. The summed E-state index contributed by atoms with van der Waals surface area (Å²) < 4.78 is 28.7. The minimum atomic E-state index is -4.00. The van der Waals surface area contributed by atoms with Crippen molar-refractivity contribution in [1.82, 2.24) is 5.32 Å². The summed E-state index contributed by atoms with van der Waals surface area (Å²) in [5.41, 5.74) is 4.70. The van der Waals surface area contributed by atoms with E-state index in [0.29, 0.717) is 5.69 Å². The molecule has 0 saturated carbocycles. The first-order valence-electron chi connectivity index (χ1n) is 11.1. The van der Waals surface area contributed by atoms with Crippen molar-refractivity contribution < 1.29 is 13.2 Å². The van der Waals surface area contributed by atoms with E-state index >= 15 is 0 Å². The van der Waals surface area contributed by atoms with Crippen molar-refractivity contribution in [2.45, 2.75) is 57.9 Å². The zero-order valence-electron chi connectivity index (χ0n) is 20.4. The molecule has 0 saturated heterocycles. The fourth-order valence-electron chi connectivity index (χ4n) is 3.61. The number of halogens is 1. The van der Waals surface area contributed by atoms with Gasteiger partial charge in [0, 0.05) is 5.56 Å². The molecule has 0 aliphatic rings. The van der Waals surface area contributed by atoms with Crippen LogP contribution >= 0.6 is 11.6 Å². The molecular weight excluding hydrogens is 468 g/mol. The van der Waals surface area contributed by atoms with Gasteiger partial charge in [0.25, 0.3) is 15.9 Å². The van der Waals surface area contributed by atoms with Gasteiger partial charge in [0.2, 0.25) is 0 Å². The third kappa shape index (κ3) is 5.99. The third-order valence-corrected chi connectivity index (χ3v) is 7.58. The molecular formula is C27H31ClN2O3S. The number of hydrogen-bond donors (Lipinski definition) is 2. The molecule has 1 atom stereocenters. The Labute approximate surface area is 207 Å². The Morgan fingerprint density at radius 3 is 2.18 bits per heavy atom. The molecule has 0 radical (unpaired) electrons. The highest BCUT2D eigenvalue weighted by atomic mass is 35.5. The van der Waals surface area contributed by atoms with Gasteiger partial charge in [-0.3, -0.25) is 9.52 Å². The molecule has 0 heterocycles. The molecule has 3 aromatic carbocycles. The van der Waals surface area contributed by atoms with Crippen molar-refractivity contribution in [2.24, 2.45) is 0 Å². The number of carbonyl (C=O) groups is 1. The van der Waals surface area contributed by atoms with E-state index in [9.17, 15) is 13.2 Å². The van der Waals surface area contributed by atoms with E-state index in [4.69, 9.17) is 11.6 Å². The molecule has 2 N–H and O–H groups in total. The normalized spacial score (nSPS) is 12.8. The number of sulfonamides is 1. The Bertz CT molecular complexity index is 1310. The molecule has 180 valence electrons. The zero-order chi connectivity index (χ0) is 25.3. The summed E-state index contributed by atoms with van der Waals surface area (Å²) in [6.07, 6.45) is 0. The zero-order valence-corrected chi connectivity index (χ0v) is 21.9. The Balaban J connectivity index is 1.81. The van der Waals surface area contributed by atoms with Gasteiger partial charge in [-0.1, -0.05) is 74.3 Å². The maximum absolute atomic E-state index is 13.1. The molecule has 0 aliphatic carbocycles. The Morgan fingerprint density at radius 2 is 1.59 bits per heavy atom. The van der Waals surface area contributed by atoms with Crippen molar-refractivity contribution in [3.05, 3.63) is 93.5 Å². The number of anilines is 1. The van der Waals surface area contributed by atoms with Crippen LogP contribution in [-0.2, 0) is 15.4 Å². The molecule has 0 fully saturated rings. The van der Waals surface area contributed by atoms with E-state index in [1.54, 1.807) is 6.07 Å². The van der Waals surface area contributed by atoms with Crippen LogP contribution in [-0.4, -0.2) is 14.3 Å². The molecule has 5 nitrogen and oxygen atoms in total. The number of rotatable bonds is 6. The van der Waals surface area contributed by atoms with Crippen LogP contribution in [0.3, 0.4) is 0 Å². The van der Waals surface area contributed by atoms with E-state index in [2.05, 4.69) is 42.9 Å². The van der Waals surface area contributed by atoms with E-state index in [0.717, 1.165) is 16.7 Å². The van der Waals surface area contributed by atoms with Gasteiger partial charge in [0.1, 0.15) is 4.90 Å². The molecule has 0 bridgehead atoms. The average molecular weight is 499 g/mol. The predicted molar refractivity (Wildman–Crippen MR) is 139 cm³/mol. The van der Waals surface area contributed by atoms with Gasteiger partial charge in [-0.05, 0) is 67.1 Å². The van der Waals surface area contributed by atoms with Crippen molar-refractivity contribution >= 4 is 33.2 Å². The van der Waals surface area contributed by atoms with Crippen molar-refractivity contribution in [3.8, 4) is 0 Å². The fourth-order valence-corrected chi connectivity index (χ4v) is 5.27. The first-order chi connectivity index (χ1) is 15.8. The highest BCUT2D eigenvalue weighted by molar-refractivity contribution is 7.92. The Hall–Kier alpha value is -2.83. The van der Waals surface area contributed by atoms with Gasteiger partial charge in [-0.15, -0.1) is 0 Å². The Kier molecular flexibility index (Phi) is 7.44. The maximum Gasteiger partial charge on any atom is 0.263 e. The van der Waals surface area contributed by atoms with Crippen LogP contribution in [0.5, 0.6) is 0 Å². The highest BCUT2D eigenvalue weighted by Gasteiger charge is 2.22. The van der Waals surface area contributed by atoms with E-state index in [1.165, 1.54) is 23.8 Å². The summed E-state index contributed by atoms with van der Waals surface area (Å²) in [4.78, 5) is 12.8. The summed E-state index contributed by atoms with van der Waals surface area (Å²) >= 11 is 6.22. The highest BCUT2D eigenvalue weighted by Crippen LogP contribution is 2.28. The van der Waals surface area contributed by atoms with E-state index < -0.39 is 10.0 Å². The smallest absolute Gasteiger partial charge is 0.263 e. The number of amides is 1. The molecule has 0 unspecified atom stereocenters. The lowest BCUT2D eigenvalue weighted by Gasteiger charge is -2.21. The van der Waals surface area contributed by atoms with Crippen LogP contribution in [0.4, 0.5) is 5.69 Å². The standard InChI is InChI=1S/C27H31ClN2O3S/c1-17-7-14-24(18(2)15-17)30-34(32,33)25-16-21(10-13-23(25)28)26(31)29-19(3)20-8-11-22(12-9-20)27(4,5)6/h7-16,19,30H,1-6H3,(H,29,31)/t19-/m1/s1. The van der Waals surface area contributed by atoms with Gasteiger partial charge in [0.05, 0.1) is 16.8 Å². The minimum Gasteiger partial charge on any atom is -0.346 e. The lowest BCUT2D eigenvalue weighted by Crippen LogP contribution is -2.27. The van der Waals surface area contributed by atoms with E-state index in [1.807, 2.05) is 45.0 Å². The lowest BCUT2D eigenvalue weighted by atomic mass is 9.86. The number of hydrogen-bond acceptors (Lipinski definition) is 3. The summed E-state index contributed by atoms with van der Waals surface area (Å²) in [6.45, 7) is 12.1. The van der Waals surface area contributed by atoms with Gasteiger partial charge in [0.15, 0.2) is 0 Å². The van der Waals surface area contributed by atoms with Crippen LogP contribution in [0, 0.1) is 13.8 Å². The first-order valence-corrected chi connectivity index (χ1v) is 12.9. The number of nitrogens with one attached hydrogen (secondary N) is 2. The maximum atomic E-state index is 13.1. The second kappa shape index (κ2) is 9.80. The SMILES string of the molecule is Cc1ccc(NS(=O)(=O)c2cc(C(=O)N[C@H](C)c3ccc(C(C)(C)C)cc3)ccc2Cl)c(C)c1. The molecule has 3 aromatic rings. The molecule has 0 aromatic heterocycles. The lowest BCUT2D eigenvalue weighted by molar-refractivity contribution is 0.0939. The topological polar surface area (TPSA) is 75.3 Å². The van der Waals surface area contributed by atoms with Gasteiger partial charge < -0.3 is 5.32 Å². The van der Waals surface area contributed by atoms with Crippen LogP contribution < -0.4 is 10.0 Å². The minimum absolute atomic E-state index is 0.0413. The van der Waals surface area contributed by atoms with Crippen molar-refractivity contribution in [2.75, 3.05) is 4.72 Å². The first kappa shape index (κ1) is 25.8. The summed E-state index contributed by atoms with van der Waals surface area (Å²) in [7, 11) is -4.00. The largest absolute Gasteiger partial charge is 0.346 e. The molecule has 0 aliphatic heterocycles. The summed E-state index contributed by atoms with van der Waals surface area (Å²) in [5.74, 6) is -0.382.